The predicted molar refractivity (Wildman–Crippen MR) is 68.7 cm³/mol. The van der Waals surface area contributed by atoms with E-state index in [1.807, 2.05) is 11.3 Å². The van der Waals surface area contributed by atoms with Crippen molar-refractivity contribution in [1.29, 1.82) is 0 Å². The Balaban J connectivity index is 1.65. The van der Waals surface area contributed by atoms with Crippen LogP contribution in [0.5, 0.6) is 0 Å². The number of rotatable bonds is 2. The molecule has 3 rings (SSSR count). The first-order chi connectivity index (χ1) is 7.75. The van der Waals surface area contributed by atoms with Crippen molar-refractivity contribution >= 4 is 11.3 Å². The zero-order valence-electron chi connectivity index (χ0n) is 9.74. The Morgan fingerprint density at radius 3 is 3.00 bits per heavy atom. The van der Waals surface area contributed by atoms with Gasteiger partial charge in [-0.1, -0.05) is 12.8 Å². The van der Waals surface area contributed by atoms with Crippen molar-refractivity contribution in [2.75, 3.05) is 13.1 Å². The fourth-order valence-corrected chi connectivity index (χ4v) is 4.01. The number of hydrogen-bond donors (Lipinski definition) is 1. The molecule has 0 bridgehead atoms. The zero-order chi connectivity index (χ0) is 11.0. The summed E-state index contributed by atoms with van der Waals surface area (Å²) in [6.45, 7) is 3.42. The second kappa shape index (κ2) is 4.13. The highest BCUT2D eigenvalue weighted by atomic mass is 32.1. The van der Waals surface area contributed by atoms with E-state index < -0.39 is 0 Å². The van der Waals surface area contributed by atoms with Crippen LogP contribution in [0.2, 0.25) is 0 Å². The molecule has 1 aliphatic heterocycles. The van der Waals surface area contributed by atoms with Gasteiger partial charge >= 0.3 is 0 Å². The summed E-state index contributed by atoms with van der Waals surface area (Å²) >= 11 is 1.91. The van der Waals surface area contributed by atoms with Gasteiger partial charge in [-0.05, 0) is 36.3 Å². The molecule has 0 atom stereocenters. The van der Waals surface area contributed by atoms with Gasteiger partial charge in [0.15, 0.2) is 0 Å². The van der Waals surface area contributed by atoms with Crippen LogP contribution in [0.15, 0.2) is 11.4 Å². The topological polar surface area (TPSA) is 29.3 Å². The van der Waals surface area contributed by atoms with Gasteiger partial charge in [0.25, 0.3) is 0 Å². The normalized spacial score (nSPS) is 24.6. The third-order valence-corrected chi connectivity index (χ3v) is 5.05. The molecule has 0 radical (unpaired) electrons. The number of fused-ring (bicyclic) bond motifs is 1. The highest BCUT2D eigenvalue weighted by Crippen LogP contribution is 2.30. The number of thiophene rings is 1. The van der Waals surface area contributed by atoms with Crippen LogP contribution in [0.25, 0.3) is 0 Å². The van der Waals surface area contributed by atoms with E-state index in [0.717, 1.165) is 13.1 Å². The molecular weight excluding hydrogens is 216 g/mol. The van der Waals surface area contributed by atoms with Crippen LogP contribution in [-0.2, 0) is 13.0 Å². The van der Waals surface area contributed by atoms with Crippen LogP contribution in [0, 0.1) is 0 Å². The first-order valence-corrected chi connectivity index (χ1v) is 7.20. The maximum atomic E-state index is 6.45. The van der Waals surface area contributed by atoms with Crippen LogP contribution in [0.4, 0.5) is 0 Å². The minimum Gasteiger partial charge on any atom is -0.324 e. The lowest BCUT2D eigenvalue weighted by Crippen LogP contribution is -2.49. The van der Waals surface area contributed by atoms with Gasteiger partial charge in [-0.15, -0.1) is 11.3 Å². The van der Waals surface area contributed by atoms with E-state index in [4.69, 9.17) is 5.73 Å². The van der Waals surface area contributed by atoms with E-state index in [-0.39, 0.29) is 5.54 Å². The molecule has 0 amide bonds. The van der Waals surface area contributed by atoms with Gasteiger partial charge < -0.3 is 5.73 Å². The monoisotopic (exact) mass is 236 g/mol. The summed E-state index contributed by atoms with van der Waals surface area (Å²) in [4.78, 5) is 4.15. The van der Waals surface area contributed by atoms with Crippen LogP contribution >= 0.6 is 11.3 Å². The van der Waals surface area contributed by atoms with Gasteiger partial charge in [0, 0.05) is 30.1 Å². The molecule has 2 aliphatic rings. The van der Waals surface area contributed by atoms with Crippen LogP contribution < -0.4 is 5.73 Å². The van der Waals surface area contributed by atoms with Crippen molar-refractivity contribution in [2.45, 2.75) is 44.2 Å². The van der Waals surface area contributed by atoms with Crippen molar-refractivity contribution in [2.24, 2.45) is 5.73 Å². The Labute approximate surface area is 101 Å². The average molecular weight is 236 g/mol. The standard InChI is InChI=1S/C13H20N2S/c14-13(5-1-2-6-13)10-15-7-3-12-11(9-15)4-8-16-12/h4,8H,1-3,5-7,9-10,14H2. The van der Waals surface area contributed by atoms with Crippen molar-refractivity contribution in [3.05, 3.63) is 21.9 Å². The first kappa shape index (κ1) is 10.8. The first-order valence-electron chi connectivity index (χ1n) is 6.32. The Morgan fingerprint density at radius 1 is 1.38 bits per heavy atom. The van der Waals surface area contributed by atoms with Gasteiger partial charge in [-0.25, -0.2) is 0 Å². The number of hydrogen-bond acceptors (Lipinski definition) is 3. The summed E-state index contributed by atoms with van der Waals surface area (Å²) in [6.07, 6.45) is 6.32. The van der Waals surface area contributed by atoms with Crippen LogP contribution in [-0.4, -0.2) is 23.5 Å². The fraction of sp³-hybridized carbons (Fsp3) is 0.692. The minimum absolute atomic E-state index is 0.119. The molecule has 1 aliphatic carbocycles. The summed E-state index contributed by atoms with van der Waals surface area (Å²) in [6, 6.07) is 2.28. The Kier molecular flexibility index (Phi) is 2.78. The van der Waals surface area contributed by atoms with E-state index in [2.05, 4.69) is 16.3 Å². The highest BCUT2D eigenvalue weighted by molar-refractivity contribution is 7.10. The summed E-state index contributed by atoms with van der Waals surface area (Å²) in [5.74, 6) is 0. The largest absolute Gasteiger partial charge is 0.324 e. The van der Waals surface area contributed by atoms with Crippen LogP contribution in [0.3, 0.4) is 0 Å². The lowest BCUT2D eigenvalue weighted by Gasteiger charge is -2.34. The molecule has 88 valence electrons. The summed E-state index contributed by atoms with van der Waals surface area (Å²) in [5.41, 5.74) is 8.10. The molecular formula is C13H20N2S. The van der Waals surface area contributed by atoms with Crippen molar-refractivity contribution in [3.8, 4) is 0 Å². The Bertz CT molecular complexity index is 366. The Hall–Kier alpha value is -0.380. The SMILES string of the molecule is NC1(CN2CCc3sccc3C2)CCCC1. The maximum Gasteiger partial charge on any atom is 0.0283 e. The van der Waals surface area contributed by atoms with Crippen molar-refractivity contribution < 1.29 is 0 Å². The van der Waals surface area contributed by atoms with Gasteiger partial charge in [-0.3, -0.25) is 4.90 Å². The average Bonchev–Trinajstić information content (AvgIpc) is 2.86. The Morgan fingerprint density at radius 2 is 2.19 bits per heavy atom. The third kappa shape index (κ3) is 2.04. The van der Waals surface area contributed by atoms with E-state index in [1.54, 1.807) is 4.88 Å². The predicted octanol–water partition coefficient (Wildman–Crippen LogP) is 2.38. The fourth-order valence-electron chi connectivity index (χ4n) is 3.12. The van der Waals surface area contributed by atoms with Gasteiger partial charge in [0.1, 0.15) is 0 Å². The molecule has 0 spiro atoms. The highest BCUT2D eigenvalue weighted by Gasteiger charge is 2.32. The molecule has 0 saturated heterocycles. The smallest absolute Gasteiger partial charge is 0.0283 e. The number of nitrogens with two attached hydrogens (primary N) is 1. The molecule has 1 fully saturated rings. The minimum atomic E-state index is 0.119. The lowest BCUT2D eigenvalue weighted by atomic mass is 9.97. The molecule has 1 aromatic heterocycles. The summed E-state index contributed by atoms with van der Waals surface area (Å²) < 4.78 is 0. The van der Waals surface area contributed by atoms with E-state index in [1.165, 1.54) is 44.2 Å². The number of nitrogens with zero attached hydrogens (tertiary/aromatic N) is 1. The van der Waals surface area contributed by atoms with Crippen molar-refractivity contribution in [3.63, 3.8) is 0 Å². The zero-order valence-corrected chi connectivity index (χ0v) is 10.6. The molecule has 1 aromatic rings. The third-order valence-electron chi connectivity index (χ3n) is 4.02. The van der Waals surface area contributed by atoms with E-state index >= 15 is 0 Å². The molecule has 2 N–H and O–H groups in total. The van der Waals surface area contributed by atoms with E-state index in [9.17, 15) is 0 Å². The molecule has 1 saturated carbocycles. The van der Waals surface area contributed by atoms with Gasteiger partial charge in [-0.2, -0.15) is 0 Å². The van der Waals surface area contributed by atoms with Crippen molar-refractivity contribution in [1.82, 2.24) is 4.90 Å². The quantitative estimate of drug-likeness (QED) is 0.854. The summed E-state index contributed by atoms with van der Waals surface area (Å²) in [7, 11) is 0. The second-order valence-corrected chi connectivity index (χ2v) is 6.40. The van der Waals surface area contributed by atoms with Crippen LogP contribution in [0.1, 0.15) is 36.1 Å². The lowest BCUT2D eigenvalue weighted by molar-refractivity contribution is 0.195. The molecule has 16 heavy (non-hydrogen) atoms. The summed E-state index contributed by atoms with van der Waals surface area (Å²) in [5, 5.41) is 2.22. The molecule has 2 heterocycles. The molecule has 0 aromatic carbocycles. The van der Waals surface area contributed by atoms with Gasteiger partial charge in [0.2, 0.25) is 0 Å². The molecule has 2 nitrogen and oxygen atoms in total. The maximum absolute atomic E-state index is 6.45. The van der Waals surface area contributed by atoms with E-state index in [0.29, 0.717) is 0 Å². The molecule has 0 unspecified atom stereocenters. The second-order valence-electron chi connectivity index (χ2n) is 5.40. The van der Waals surface area contributed by atoms with Gasteiger partial charge in [0.05, 0.1) is 0 Å². The molecule has 3 heteroatoms.